The first-order chi connectivity index (χ1) is 14.3. The summed E-state index contributed by atoms with van der Waals surface area (Å²) >= 11 is 0. The van der Waals surface area contributed by atoms with Gasteiger partial charge in [0.15, 0.2) is 5.78 Å². The van der Waals surface area contributed by atoms with Crippen LogP contribution in [0.4, 0.5) is 10.5 Å². The Morgan fingerprint density at radius 2 is 1.93 bits per heavy atom. The molecule has 1 aromatic carbocycles. The molecule has 4 amide bonds. The molecular formula is C21H28N4O5. The van der Waals surface area contributed by atoms with Crippen molar-refractivity contribution in [1.29, 1.82) is 0 Å². The lowest BCUT2D eigenvalue weighted by atomic mass is 9.87. The minimum absolute atomic E-state index is 0.0259. The number of likely N-dealkylation sites (tertiary alicyclic amines) is 1. The van der Waals surface area contributed by atoms with Crippen LogP contribution in [0, 0.1) is 0 Å². The Balaban J connectivity index is 1.45. The zero-order valence-electron chi connectivity index (χ0n) is 17.4. The number of hydrogen-bond donors (Lipinski definition) is 3. The van der Waals surface area contributed by atoms with E-state index in [0.29, 0.717) is 36.3 Å². The molecule has 0 atom stereocenters. The van der Waals surface area contributed by atoms with Crippen LogP contribution in [0.25, 0.3) is 0 Å². The first-order valence-corrected chi connectivity index (χ1v) is 10.2. The van der Waals surface area contributed by atoms with E-state index in [1.54, 1.807) is 18.2 Å². The van der Waals surface area contributed by atoms with Gasteiger partial charge in [-0.05, 0) is 50.4 Å². The number of Topliss-reactive ketones (excluding diaryl/α,β-unsaturated/α-hetero) is 1. The van der Waals surface area contributed by atoms with Gasteiger partial charge >= 0.3 is 6.03 Å². The van der Waals surface area contributed by atoms with Gasteiger partial charge in [-0.25, -0.2) is 4.79 Å². The molecule has 162 valence electrons. The summed E-state index contributed by atoms with van der Waals surface area (Å²) in [7, 11) is 1.51. The lowest BCUT2D eigenvalue weighted by molar-refractivity contribution is -0.125. The van der Waals surface area contributed by atoms with Crippen LogP contribution in [0.1, 0.15) is 49.4 Å². The van der Waals surface area contributed by atoms with Gasteiger partial charge in [0, 0.05) is 32.1 Å². The van der Waals surface area contributed by atoms with E-state index in [0.717, 1.165) is 32.5 Å². The van der Waals surface area contributed by atoms with Crippen LogP contribution >= 0.6 is 0 Å². The van der Waals surface area contributed by atoms with E-state index in [-0.39, 0.29) is 17.6 Å². The minimum Gasteiger partial charge on any atom is -0.496 e. The van der Waals surface area contributed by atoms with Crippen LogP contribution in [-0.2, 0) is 9.59 Å². The number of nitrogens with one attached hydrogen (secondary N) is 3. The SMILES string of the molecule is COc1ccc(NC(C)=O)cc1C(=O)CCCCN1CCC2(CC1)NC(=O)NC2=O. The van der Waals surface area contributed by atoms with Gasteiger partial charge < -0.3 is 20.3 Å². The third-order valence-corrected chi connectivity index (χ3v) is 5.67. The number of carbonyl (C=O) groups is 4. The molecular weight excluding hydrogens is 388 g/mol. The van der Waals surface area contributed by atoms with Crippen LogP contribution in [0.15, 0.2) is 18.2 Å². The van der Waals surface area contributed by atoms with Crippen LogP contribution in [0.2, 0.25) is 0 Å². The van der Waals surface area contributed by atoms with Gasteiger partial charge in [-0.15, -0.1) is 0 Å². The standard InChI is InChI=1S/C21H28N4O5/c1-14(26)22-15-6-7-18(30-2)16(13-15)17(27)5-3-4-10-25-11-8-21(9-12-25)19(28)23-20(29)24-21/h6-7,13H,3-5,8-12H2,1-2H3,(H,22,26)(H2,23,24,28,29). The molecule has 2 fully saturated rings. The van der Waals surface area contributed by atoms with E-state index < -0.39 is 11.6 Å². The molecule has 2 heterocycles. The third kappa shape index (κ3) is 4.96. The summed E-state index contributed by atoms with van der Waals surface area (Å²) in [5.41, 5.74) is 0.280. The molecule has 30 heavy (non-hydrogen) atoms. The van der Waals surface area contributed by atoms with Crippen molar-refractivity contribution in [3.63, 3.8) is 0 Å². The first kappa shape index (κ1) is 21.8. The average Bonchev–Trinajstić information content (AvgIpc) is 2.98. The molecule has 0 bridgehead atoms. The number of nitrogens with zero attached hydrogens (tertiary/aromatic N) is 1. The Kier molecular flexibility index (Phi) is 6.71. The summed E-state index contributed by atoms with van der Waals surface area (Å²) in [6.45, 7) is 3.71. The fraction of sp³-hybridized carbons (Fsp3) is 0.524. The number of carbonyl (C=O) groups excluding carboxylic acids is 4. The minimum atomic E-state index is -0.751. The van der Waals surface area contributed by atoms with Gasteiger partial charge in [-0.2, -0.15) is 0 Å². The van der Waals surface area contributed by atoms with E-state index in [1.807, 2.05) is 0 Å². The number of amides is 4. The molecule has 0 saturated carbocycles. The van der Waals surface area contributed by atoms with Crippen LogP contribution in [0.3, 0.4) is 0 Å². The van der Waals surface area contributed by atoms with Crippen molar-refractivity contribution in [2.75, 3.05) is 32.1 Å². The summed E-state index contributed by atoms with van der Waals surface area (Å²) in [6.07, 6.45) is 3.15. The third-order valence-electron chi connectivity index (χ3n) is 5.67. The zero-order chi connectivity index (χ0) is 21.7. The molecule has 1 aromatic rings. The van der Waals surface area contributed by atoms with Crippen molar-refractivity contribution in [3.8, 4) is 5.75 Å². The van der Waals surface area contributed by atoms with E-state index in [2.05, 4.69) is 20.9 Å². The molecule has 0 radical (unpaired) electrons. The molecule has 1 spiro atoms. The number of hydrogen-bond acceptors (Lipinski definition) is 6. The maximum Gasteiger partial charge on any atom is 0.322 e. The van der Waals surface area contributed by atoms with Crippen LogP contribution in [-0.4, -0.2) is 60.8 Å². The van der Waals surface area contributed by atoms with Crippen molar-refractivity contribution in [3.05, 3.63) is 23.8 Å². The number of piperidine rings is 1. The maximum absolute atomic E-state index is 12.7. The second-order valence-electron chi connectivity index (χ2n) is 7.81. The van der Waals surface area contributed by atoms with Crippen LogP contribution < -0.4 is 20.7 Å². The Morgan fingerprint density at radius 3 is 2.53 bits per heavy atom. The normalized spacial score (nSPS) is 18.1. The Hall–Kier alpha value is -2.94. The monoisotopic (exact) mass is 416 g/mol. The topological polar surface area (TPSA) is 117 Å². The molecule has 0 unspecified atom stereocenters. The highest BCUT2D eigenvalue weighted by Gasteiger charge is 2.47. The highest BCUT2D eigenvalue weighted by molar-refractivity contribution is 6.07. The molecule has 9 nitrogen and oxygen atoms in total. The number of imide groups is 1. The van der Waals surface area contributed by atoms with E-state index in [9.17, 15) is 19.2 Å². The van der Waals surface area contributed by atoms with Gasteiger partial charge in [0.05, 0.1) is 12.7 Å². The number of rotatable bonds is 8. The smallest absolute Gasteiger partial charge is 0.322 e. The fourth-order valence-electron chi connectivity index (χ4n) is 4.00. The second kappa shape index (κ2) is 9.25. The summed E-state index contributed by atoms with van der Waals surface area (Å²) < 4.78 is 5.29. The molecule has 9 heteroatoms. The van der Waals surface area contributed by atoms with Crippen LogP contribution in [0.5, 0.6) is 5.75 Å². The van der Waals surface area contributed by atoms with Crippen molar-refractivity contribution < 1.29 is 23.9 Å². The van der Waals surface area contributed by atoms with E-state index in [1.165, 1.54) is 14.0 Å². The molecule has 2 aliphatic rings. The lowest BCUT2D eigenvalue weighted by Gasteiger charge is -2.36. The second-order valence-corrected chi connectivity index (χ2v) is 7.81. The molecule has 3 N–H and O–H groups in total. The van der Waals surface area contributed by atoms with Crippen molar-refractivity contribution >= 4 is 29.3 Å². The van der Waals surface area contributed by atoms with Crippen molar-refractivity contribution in [2.45, 2.75) is 44.6 Å². The molecule has 2 saturated heterocycles. The molecule has 0 aromatic heterocycles. The zero-order valence-corrected chi connectivity index (χ0v) is 17.4. The number of urea groups is 1. The Bertz CT molecular complexity index is 846. The summed E-state index contributed by atoms with van der Waals surface area (Å²) in [5, 5.41) is 7.76. The van der Waals surface area contributed by atoms with Gasteiger partial charge in [0.1, 0.15) is 11.3 Å². The van der Waals surface area contributed by atoms with Gasteiger partial charge in [0.25, 0.3) is 5.91 Å². The number of anilines is 1. The predicted octanol–water partition coefficient (Wildman–Crippen LogP) is 1.68. The lowest BCUT2D eigenvalue weighted by Crippen LogP contribution is -2.54. The number of ketones is 1. The predicted molar refractivity (Wildman–Crippen MR) is 111 cm³/mol. The largest absolute Gasteiger partial charge is 0.496 e. The number of ether oxygens (including phenoxy) is 1. The Morgan fingerprint density at radius 1 is 1.20 bits per heavy atom. The number of benzene rings is 1. The molecule has 2 aliphatic heterocycles. The Labute approximate surface area is 175 Å². The van der Waals surface area contributed by atoms with Gasteiger partial charge in [0.2, 0.25) is 5.91 Å². The summed E-state index contributed by atoms with van der Waals surface area (Å²) in [4.78, 5) is 49.6. The quantitative estimate of drug-likeness (QED) is 0.337. The number of methoxy groups -OCH3 is 1. The van der Waals surface area contributed by atoms with Gasteiger partial charge in [-0.3, -0.25) is 19.7 Å². The first-order valence-electron chi connectivity index (χ1n) is 10.2. The molecule has 0 aliphatic carbocycles. The fourth-order valence-corrected chi connectivity index (χ4v) is 4.00. The summed E-state index contributed by atoms with van der Waals surface area (Å²) in [5.74, 6) is 0.0408. The molecule has 3 rings (SSSR count). The van der Waals surface area contributed by atoms with Crippen molar-refractivity contribution in [1.82, 2.24) is 15.5 Å². The average molecular weight is 416 g/mol. The van der Waals surface area contributed by atoms with E-state index in [4.69, 9.17) is 4.74 Å². The van der Waals surface area contributed by atoms with Crippen molar-refractivity contribution in [2.24, 2.45) is 0 Å². The van der Waals surface area contributed by atoms with Gasteiger partial charge in [-0.1, -0.05) is 0 Å². The number of unbranched alkanes of at least 4 members (excludes halogenated alkanes) is 1. The highest BCUT2D eigenvalue weighted by atomic mass is 16.5. The maximum atomic E-state index is 12.7. The highest BCUT2D eigenvalue weighted by Crippen LogP contribution is 2.27. The summed E-state index contributed by atoms with van der Waals surface area (Å²) in [6, 6.07) is 4.62. The van der Waals surface area contributed by atoms with E-state index >= 15 is 0 Å².